The second-order valence-corrected chi connectivity index (χ2v) is 11.6. The maximum atomic E-state index is 2.51. The normalized spacial score (nSPS) is 17.2. The maximum absolute atomic E-state index is 2.51. The van der Waals surface area contributed by atoms with E-state index in [4.69, 9.17) is 0 Å². The third-order valence-corrected chi connectivity index (χ3v) is 9.45. The molecule has 0 unspecified atom stereocenters. The molecule has 1 heteroatoms. The van der Waals surface area contributed by atoms with E-state index in [1.165, 1.54) is 0 Å². The van der Waals surface area contributed by atoms with Crippen LogP contribution in [0.15, 0.2) is 49.5 Å². The van der Waals surface area contributed by atoms with Crippen LogP contribution in [-0.4, -0.2) is 20.2 Å². The van der Waals surface area contributed by atoms with Crippen LogP contribution in [0.25, 0.3) is 0 Å². The fourth-order valence-corrected chi connectivity index (χ4v) is 8.58. The van der Waals surface area contributed by atoms with Gasteiger partial charge in [0.05, 0.1) is 0 Å². The van der Waals surface area contributed by atoms with Gasteiger partial charge in [0.1, 0.15) is 0 Å². The summed E-state index contributed by atoms with van der Waals surface area (Å²) in [6.45, 7) is 9.28. The van der Waals surface area contributed by atoms with Crippen LogP contribution in [0.5, 0.6) is 0 Å². The van der Waals surface area contributed by atoms with Crippen LogP contribution in [-0.2, 0) is 0 Å². The number of rotatable bonds is 1. The molecule has 0 bridgehead atoms. The Morgan fingerprint density at radius 3 is 2.12 bits per heavy atom. The fraction of sp³-hybridized carbons (Fsp3) is 0.333. The molecule has 0 spiro atoms. The fourth-order valence-electron chi connectivity index (χ4n) is 2.17. The molecule has 0 aliphatic carbocycles. The summed E-state index contributed by atoms with van der Waals surface area (Å²) in [5.74, 6) is 0. The van der Waals surface area contributed by atoms with Gasteiger partial charge in [-0.15, -0.1) is 0 Å². The summed E-state index contributed by atoms with van der Waals surface area (Å²) in [5, 5.41) is 0. The molecule has 2 rings (SSSR count). The topological polar surface area (TPSA) is 0 Å². The molecule has 84 valence electrons. The summed E-state index contributed by atoms with van der Waals surface area (Å²) in [7, 11) is 0. The van der Waals surface area contributed by atoms with Gasteiger partial charge in [-0.2, -0.15) is 0 Å². The van der Waals surface area contributed by atoms with Crippen molar-refractivity contribution >= 4 is 23.7 Å². The summed E-state index contributed by atoms with van der Waals surface area (Å²) in [4.78, 5) is 0. The Kier molecular flexibility index (Phi) is 3.31. The van der Waals surface area contributed by atoms with E-state index in [9.17, 15) is 0 Å². The van der Waals surface area contributed by atoms with E-state index < -0.39 is 20.2 Å². The standard InChI is InChI=1S/C9H14.C6H5.Sb/c1-6-8(7-2)9(3,4)5;1-2-4-6-5-3-1;/h1,6H,2-5H3;1-5H;. The van der Waals surface area contributed by atoms with E-state index in [1.807, 2.05) is 0 Å². The second-order valence-electron chi connectivity index (χ2n) is 5.27. The predicted octanol–water partition coefficient (Wildman–Crippen LogP) is 3.40. The molecule has 0 saturated carbocycles. The quantitative estimate of drug-likeness (QED) is 0.696. The molecule has 0 nitrogen and oxygen atoms in total. The minimum atomic E-state index is -1.46. The number of hydrogen-bond acceptors (Lipinski definition) is 0. The molecular weight excluding hydrogens is 302 g/mol. The van der Waals surface area contributed by atoms with Gasteiger partial charge in [-0.25, -0.2) is 0 Å². The van der Waals surface area contributed by atoms with Crippen LogP contribution in [0, 0.1) is 5.41 Å². The van der Waals surface area contributed by atoms with E-state index in [1.54, 1.807) is 12.6 Å². The van der Waals surface area contributed by atoms with Crippen molar-refractivity contribution in [2.24, 2.45) is 5.41 Å². The van der Waals surface area contributed by atoms with E-state index in [-0.39, 0.29) is 0 Å². The molecular formula is C15H19Sb. The molecule has 1 aromatic carbocycles. The van der Waals surface area contributed by atoms with Gasteiger partial charge in [0.15, 0.2) is 0 Å². The van der Waals surface area contributed by atoms with E-state index in [0.717, 1.165) is 0 Å². The van der Waals surface area contributed by atoms with Gasteiger partial charge >= 0.3 is 106 Å². The average Bonchev–Trinajstić information content (AvgIpc) is 2.61. The first-order valence-electron chi connectivity index (χ1n) is 5.74. The Balaban J connectivity index is 2.37. The molecule has 0 amide bonds. The predicted molar refractivity (Wildman–Crippen MR) is 73.1 cm³/mol. The SMILES string of the molecule is C[C]1=C(C(C)(C)C)C=[CH][Sb]1[c]1ccccc1. The third-order valence-electron chi connectivity index (χ3n) is 2.98. The van der Waals surface area contributed by atoms with Gasteiger partial charge in [-0.05, 0) is 0 Å². The molecule has 16 heavy (non-hydrogen) atoms. The zero-order valence-electron chi connectivity index (χ0n) is 10.5. The van der Waals surface area contributed by atoms with Crippen LogP contribution in [0.1, 0.15) is 27.7 Å². The van der Waals surface area contributed by atoms with Crippen molar-refractivity contribution in [3.8, 4) is 0 Å². The van der Waals surface area contributed by atoms with Gasteiger partial charge < -0.3 is 0 Å². The number of hydrogen-bond donors (Lipinski definition) is 0. The molecule has 1 aliphatic rings. The first-order chi connectivity index (χ1) is 7.50. The van der Waals surface area contributed by atoms with E-state index in [2.05, 4.69) is 68.1 Å². The summed E-state index contributed by atoms with van der Waals surface area (Å²) >= 11 is -1.46. The van der Waals surface area contributed by atoms with Gasteiger partial charge in [0.2, 0.25) is 0 Å². The molecule has 0 radical (unpaired) electrons. The molecule has 1 aliphatic heterocycles. The first kappa shape index (κ1) is 12.0. The van der Waals surface area contributed by atoms with Crippen LogP contribution in [0.3, 0.4) is 0 Å². The molecule has 0 atom stereocenters. The Labute approximate surface area is 106 Å². The zero-order chi connectivity index (χ0) is 11.8. The van der Waals surface area contributed by atoms with Crippen molar-refractivity contribution in [2.75, 3.05) is 0 Å². The van der Waals surface area contributed by atoms with Crippen molar-refractivity contribution in [3.63, 3.8) is 0 Å². The van der Waals surface area contributed by atoms with Gasteiger partial charge in [-0.3, -0.25) is 0 Å². The molecule has 0 fully saturated rings. The third kappa shape index (κ3) is 2.27. The molecule has 1 aromatic rings. The summed E-state index contributed by atoms with van der Waals surface area (Å²) in [6.07, 6.45) is 2.38. The summed E-state index contributed by atoms with van der Waals surface area (Å²) in [6, 6.07) is 11.0. The van der Waals surface area contributed by atoms with Crippen LogP contribution in [0.2, 0.25) is 0 Å². The van der Waals surface area contributed by atoms with Crippen molar-refractivity contribution in [1.82, 2.24) is 0 Å². The molecule has 0 N–H and O–H groups in total. The molecule has 0 saturated heterocycles. The average molecular weight is 321 g/mol. The van der Waals surface area contributed by atoms with E-state index >= 15 is 0 Å². The number of benzene rings is 1. The zero-order valence-corrected chi connectivity index (χ0v) is 13.0. The van der Waals surface area contributed by atoms with Crippen LogP contribution < -0.4 is 3.51 Å². The Morgan fingerprint density at radius 1 is 1.00 bits per heavy atom. The van der Waals surface area contributed by atoms with Crippen molar-refractivity contribution < 1.29 is 0 Å². The van der Waals surface area contributed by atoms with Crippen molar-refractivity contribution in [3.05, 3.63) is 49.5 Å². The monoisotopic (exact) mass is 320 g/mol. The Bertz CT molecular complexity index is 432. The number of allylic oxidation sites excluding steroid dienone is 3. The Morgan fingerprint density at radius 2 is 1.62 bits per heavy atom. The summed E-state index contributed by atoms with van der Waals surface area (Å²) < 4.78 is 5.77. The minimum absolute atomic E-state index is 0.300. The van der Waals surface area contributed by atoms with Crippen LogP contribution in [0.4, 0.5) is 0 Å². The van der Waals surface area contributed by atoms with Crippen molar-refractivity contribution in [2.45, 2.75) is 27.7 Å². The van der Waals surface area contributed by atoms with Gasteiger partial charge in [0.25, 0.3) is 0 Å². The van der Waals surface area contributed by atoms with Gasteiger partial charge in [-0.1, -0.05) is 0 Å². The second kappa shape index (κ2) is 4.41. The molecule has 1 heterocycles. The Hall–Kier alpha value is -0.482. The summed E-state index contributed by atoms with van der Waals surface area (Å²) in [5.41, 5.74) is 1.87. The van der Waals surface area contributed by atoms with Gasteiger partial charge in [0, 0.05) is 0 Å². The first-order valence-corrected chi connectivity index (χ1v) is 9.76. The van der Waals surface area contributed by atoms with E-state index in [0.29, 0.717) is 5.41 Å². The molecule has 0 aromatic heterocycles. The van der Waals surface area contributed by atoms with Crippen LogP contribution >= 0.6 is 0 Å². The van der Waals surface area contributed by atoms with Crippen molar-refractivity contribution in [1.29, 1.82) is 0 Å².